The summed E-state index contributed by atoms with van der Waals surface area (Å²) in [4.78, 5) is 5.64. The van der Waals surface area contributed by atoms with Crippen molar-refractivity contribution < 1.29 is 13.3 Å². The van der Waals surface area contributed by atoms with Gasteiger partial charge in [-0.15, -0.1) is 0 Å². The van der Waals surface area contributed by atoms with Crippen molar-refractivity contribution in [3.63, 3.8) is 0 Å². The highest BCUT2D eigenvalue weighted by molar-refractivity contribution is 6.11. The van der Waals surface area contributed by atoms with E-state index in [0.29, 0.717) is 0 Å². The summed E-state index contributed by atoms with van der Waals surface area (Å²) in [6, 6.07) is 57.7. The minimum atomic E-state index is -0.133. The molecule has 0 radical (unpaired) electrons. The second-order valence-electron chi connectivity index (χ2n) is 15.4. The Balaban J connectivity index is 1.09. The normalized spacial score (nSPS) is 17.4. The Morgan fingerprint density at radius 1 is 0.474 bits per heavy atom. The van der Waals surface area contributed by atoms with Crippen LogP contribution in [0.4, 0.5) is 0 Å². The van der Waals surface area contributed by atoms with Crippen LogP contribution in [-0.4, -0.2) is 5.84 Å². The number of nitrogens with zero attached hydrogens (tertiary/aromatic N) is 1. The Morgan fingerprint density at radius 3 is 1.82 bits per heavy atom. The first-order valence-electron chi connectivity index (χ1n) is 19.8. The summed E-state index contributed by atoms with van der Waals surface area (Å²) in [5, 5.41) is 13.1. The first-order chi connectivity index (χ1) is 28.2. The number of furan rings is 3. The molecule has 0 saturated heterocycles. The number of amidine groups is 1. The van der Waals surface area contributed by atoms with Crippen molar-refractivity contribution in [2.24, 2.45) is 10.9 Å². The van der Waals surface area contributed by atoms with Crippen LogP contribution >= 0.6 is 0 Å². The molecule has 0 amide bonds. The minimum Gasteiger partial charge on any atom is -0.456 e. The monoisotopic (exact) mass is 736 g/mol. The topological polar surface area (TPSA) is 63.8 Å². The van der Waals surface area contributed by atoms with Crippen LogP contribution in [0.3, 0.4) is 0 Å². The molecule has 11 aromatic rings. The third-order valence-electron chi connectivity index (χ3n) is 12.2. The Morgan fingerprint density at radius 2 is 1.07 bits per heavy atom. The van der Waals surface area contributed by atoms with E-state index >= 15 is 0 Å². The molecule has 3 unspecified atom stereocenters. The van der Waals surface area contributed by atoms with Gasteiger partial charge in [0.25, 0.3) is 0 Å². The Labute approximate surface area is 327 Å². The van der Waals surface area contributed by atoms with Gasteiger partial charge in [-0.1, -0.05) is 110 Å². The molecule has 272 valence electrons. The molecule has 0 saturated carbocycles. The zero-order chi connectivity index (χ0) is 37.6. The molecule has 1 aliphatic heterocycles. The number of nitrogens with one attached hydrogen (secondary N) is 1. The van der Waals surface area contributed by atoms with Crippen LogP contribution in [0, 0.1) is 5.92 Å². The molecule has 4 heterocycles. The van der Waals surface area contributed by atoms with E-state index in [0.717, 1.165) is 94.8 Å². The second kappa shape index (κ2) is 12.5. The van der Waals surface area contributed by atoms with Crippen molar-refractivity contribution in [1.82, 2.24) is 5.32 Å². The van der Waals surface area contributed by atoms with Gasteiger partial charge in [-0.05, 0) is 100 Å². The largest absolute Gasteiger partial charge is 0.456 e. The van der Waals surface area contributed by atoms with Crippen molar-refractivity contribution in [3.05, 3.63) is 180 Å². The number of fused-ring (bicyclic) bond motifs is 10. The molecule has 0 spiro atoms. The fourth-order valence-corrected chi connectivity index (χ4v) is 9.42. The molecule has 0 fully saturated rings. The van der Waals surface area contributed by atoms with Gasteiger partial charge >= 0.3 is 0 Å². The predicted octanol–water partition coefficient (Wildman–Crippen LogP) is 14.1. The lowest BCUT2D eigenvalue weighted by atomic mass is 9.78. The Kier molecular flexibility index (Phi) is 7.03. The summed E-state index contributed by atoms with van der Waals surface area (Å²) in [7, 11) is 0. The fourth-order valence-electron chi connectivity index (χ4n) is 9.42. The van der Waals surface area contributed by atoms with E-state index in [-0.39, 0.29) is 18.0 Å². The van der Waals surface area contributed by atoms with Crippen molar-refractivity contribution in [2.75, 3.05) is 0 Å². The van der Waals surface area contributed by atoms with Gasteiger partial charge in [0.2, 0.25) is 0 Å². The van der Waals surface area contributed by atoms with Gasteiger partial charge in [0.1, 0.15) is 39.3 Å². The minimum absolute atomic E-state index is 0.0993. The third-order valence-corrected chi connectivity index (χ3v) is 12.2. The van der Waals surface area contributed by atoms with Crippen LogP contribution in [0.15, 0.2) is 182 Å². The molecule has 5 heteroatoms. The zero-order valence-corrected chi connectivity index (χ0v) is 31.2. The molecule has 1 N–H and O–H groups in total. The van der Waals surface area contributed by atoms with Crippen molar-refractivity contribution >= 4 is 82.4 Å². The Hall–Kier alpha value is -7.11. The van der Waals surface area contributed by atoms with Crippen molar-refractivity contribution in [3.8, 4) is 11.1 Å². The summed E-state index contributed by atoms with van der Waals surface area (Å²) in [6.07, 6.45) is 0.898. The lowest BCUT2D eigenvalue weighted by molar-refractivity contribution is 0.312. The lowest BCUT2D eigenvalue weighted by Crippen LogP contribution is -2.41. The number of hydrogen-bond acceptors (Lipinski definition) is 5. The molecule has 0 aliphatic carbocycles. The summed E-state index contributed by atoms with van der Waals surface area (Å²) in [6.45, 7) is 2.29. The summed E-state index contributed by atoms with van der Waals surface area (Å²) in [5.74, 6) is 0.993. The fraction of sp³-hybridized carbons (Fsp3) is 0.0962. The van der Waals surface area contributed by atoms with Gasteiger partial charge in [0, 0.05) is 43.8 Å². The summed E-state index contributed by atoms with van der Waals surface area (Å²) in [5.41, 5.74) is 10.9. The maximum absolute atomic E-state index is 6.72. The number of rotatable bonds is 5. The number of benzene rings is 8. The molecule has 8 aromatic carbocycles. The smallest absolute Gasteiger partial charge is 0.136 e. The van der Waals surface area contributed by atoms with Gasteiger partial charge < -0.3 is 18.6 Å². The van der Waals surface area contributed by atoms with E-state index in [1.54, 1.807) is 0 Å². The van der Waals surface area contributed by atoms with Crippen LogP contribution < -0.4 is 5.32 Å². The highest BCUT2D eigenvalue weighted by atomic mass is 16.3. The lowest BCUT2D eigenvalue weighted by Gasteiger charge is -2.38. The number of para-hydroxylation sites is 3. The van der Waals surface area contributed by atoms with E-state index in [1.807, 2.05) is 30.3 Å². The first-order valence-corrected chi connectivity index (χ1v) is 19.8. The van der Waals surface area contributed by atoms with Gasteiger partial charge in [0.15, 0.2) is 0 Å². The summed E-state index contributed by atoms with van der Waals surface area (Å²) >= 11 is 0. The zero-order valence-electron chi connectivity index (χ0n) is 31.2. The summed E-state index contributed by atoms with van der Waals surface area (Å²) < 4.78 is 19.2. The molecular weight excluding hydrogens is 701 g/mol. The van der Waals surface area contributed by atoms with Crippen LogP contribution in [0.1, 0.15) is 42.1 Å². The van der Waals surface area contributed by atoms with Crippen LogP contribution in [0.2, 0.25) is 0 Å². The van der Waals surface area contributed by atoms with E-state index in [2.05, 4.69) is 146 Å². The molecule has 5 nitrogen and oxygen atoms in total. The molecule has 1 aliphatic rings. The molecule has 3 aromatic heterocycles. The number of hydrogen-bond donors (Lipinski definition) is 1. The van der Waals surface area contributed by atoms with Crippen LogP contribution in [0.25, 0.3) is 87.7 Å². The van der Waals surface area contributed by atoms with E-state index in [9.17, 15) is 0 Å². The third kappa shape index (κ3) is 5.05. The van der Waals surface area contributed by atoms with Gasteiger partial charge in [0.05, 0.1) is 12.1 Å². The molecule has 3 atom stereocenters. The van der Waals surface area contributed by atoms with E-state index in [4.69, 9.17) is 18.2 Å². The second-order valence-corrected chi connectivity index (χ2v) is 15.4. The highest BCUT2D eigenvalue weighted by Gasteiger charge is 2.37. The maximum Gasteiger partial charge on any atom is 0.136 e. The Bertz CT molecular complexity index is 3420. The predicted molar refractivity (Wildman–Crippen MR) is 233 cm³/mol. The van der Waals surface area contributed by atoms with Crippen molar-refractivity contribution in [2.45, 2.75) is 25.4 Å². The first kappa shape index (κ1) is 32.2. The van der Waals surface area contributed by atoms with Gasteiger partial charge in [-0.25, -0.2) is 0 Å². The average Bonchev–Trinajstić information content (AvgIpc) is 3.96. The van der Waals surface area contributed by atoms with Crippen LogP contribution in [0.5, 0.6) is 0 Å². The quantitative estimate of drug-likeness (QED) is 0.191. The maximum atomic E-state index is 6.72. The standard InChI is InChI=1S/C52H36N2O3/c1-2-36-50(33-22-24-47-41(27-33)38-14-6-9-17-44(38)56-47)53-52(34-20-19-30-11-3-4-12-31(30)25-34)54-51(36)42-28-35(29-48-49(42)39-15-7-10-18-45(39)57-48)32-21-23-46-40(26-32)37-13-5-8-16-43(37)55-46/h3-29,36,50-51H,2H2,1H3,(H,53,54). The van der Waals surface area contributed by atoms with E-state index < -0.39 is 0 Å². The average molecular weight is 737 g/mol. The number of aliphatic imine (C=N–C) groups is 1. The highest BCUT2D eigenvalue weighted by Crippen LogP contribution is 2.47. The molecule has 12 rings (SSSR count). The SMILES string of the molecule is CCC1C(c2ccc3oc4ccccc4c3c2)N=C(c2ccc3ccccc3c2)NC1c1cc(-c2ccc3oc4ccccc4c3c2)cc2oc3ccccc3c12. The molecular formula is C52H36N2O3. The van der Waals surface area contributed by atoms with Crippen LogP contribution in [-0.2, 0) is 0 Å². The van der Waals surface area contributed by atoms with E-state index in [1.165, 1.54) is 21.9 Å². The molecule has 0 bridgehead atoms. The van der Waals surface area contributed by atoms with Gasteiger partial charge in [-0.3, -0.25) is 4.99 Å². The van der Waals surface area contributed by atoms with Gasteiger partial charge in [-0.2, -0.15) is 0 Å². The molecule has 57 heavy (non-hydrogen) atoms. The van der Waals surface area contributed by atoms with Crippen molar-refractivity contribution in [1.29, 1.82) is 0 Å².